The Morgan fingerprint density at radius 2 is 1.89 bits per heavy atom. The molecule has 10 nitrogen and oxygen atoms in total. The quantitative estimate of drug-likeness (QED) is 0.272. The summed E-state index contributed by atoms with van der Waals surface area (Å²) in [7, 11) is 0. The van der Waals surface area contributed by atoms with Crippen molar-refractivity contribution < 1.29 is 9.18 Å². The summed E-state index contributed by atoms with van der Waals surface area (Å²) in [5, 5.41) is 10.4. The first kappa shape index (κ1) is 24.0. The second-order valence-corrected chi connectivity index (χ2v) is 9.58. The molecule has 1 fully saturated rings. The highest BCUT2D eigenvalue weighted by molar-refractivity contribution is 5.97. The van der Waals surface area contributed by atoms with Crippen LogP contribution in [0.3, 0.4) is 0 Å². The zero-order valence-electron chi connectivity index (χ0n) is 21.1. The zero-order valence-corrected chi connectivity index (χ0v) is 21.1. The van der Waals surface area contributed by atoms with Gasteiger partial charge in [0.15, 0.2) is 11.6 Å². The SMILES string of the molecule is CCCCC(=O)Nc1cncc(-c2ncc3[nH]nc(-c4nc5c(N6CCCCC6)cncc5[nH]4)c3c2F)c1. The maximum Gasteiger partial charge on any atom is 0.224 e. The van der Waals surface area contributed by atoms with Gasteiger partial charge >= 0.3 is 0 Å². The Balaban J connectivity index is 1.38. The van der Waals surface area contributed by atoms with Crippen molar-refractivity contribution in [3.05, 3.63) is 42.9 Å². The fourth-order valence-electron chi connectivity index (χ4n) is 4.94. The number of H-pyrrole nitrogens is 2. The van der Waals surface area contributed by atoms with Crippen molar-refractivity contribution in [1.82, 2.24) is 35.1 Å². The van der Waals surface area contributed by atoms with E-state index in [4.69, 9.17) is 4.98 Å². The van der Waals surface area contributed by atoms with Crippen LogP contribution in [-0.4, -0.2) is 54.1 Å². The van der Waals surface area contributed by atoms with Crippen LogP contribution in [0.4, 0.5) is 15.8 Å². The molecule has 0 aliphatic carbocycles. The summed E-state index contributed by atoms with van der Waals surface area (Å²) in [6.07, 6.45) is 13.8. The molecule has 0 spiro atoms. The van der Waals surface area contributed by atoms with Crippen LogP contribution < -0.4 is 10.2 Å². The van der Waals surface area contributed by atoms with E-state index < -0.39 is 5.82 Å². The van der Waals surface area contributed by atoms with Crippen LogP contribution in [0.5, 0.6) is 0 Å². The minimum absolute atomic E-state index is 0.102. The van der Waals surface area contributed by atoms with Gasteiger partial charge in [-0.15, -0.1) is 0 Å². The number of anilines is 2. The number of aromatic nitrogens is 7. The molecule has 1 aliphatic heterocycles. The average Bonchev–Trinajstić information content (AvgIpc) is 3.57. The second-order valence-electron chi connectivity index (χ2n) is 9.58. The molecule has 5 aromatic heterocycles. The number of hydrogen-bond acceptors (Lipinski definition) is 7. The number of imidazole rings is 1. The van der Waals surface area contributed by atoms with Crippen LogP contribution >= 0.6 is 0 Å². The first-order valence-electron chi connectivity index (χ1n) is 13.0. The number of aromatic amines is 2. The molecular formula is C27H28FN9O. The van der Waals surface area contributed by atoms with Crippen molar-refractivity contribution in [1.29, 1.82) is 0 Å². The number of carbonyl (C=O) groups is 1. The largest absolute Gasteiger partial charge is 0.368 e. The number of unbranched alkanes of at least 4 members (excludes halogenated alkanes) is 1. The van der Waals surface area contributed by atoms with Crippen molar-refractivity contribution >= 4 is 39.2 Å². The van der Waals surface area contributed by atoms with Gasteiger partial charge in [-0.3, -0.25) is 24.8 Å². The van der Waals surface area contributed by atoms with Crippen molar-refractivity contribution in [3.63, 3.8) is 0 Å². The minimum Gasteiger partial charge on any atom is -0.368 e. The number of hydrogen-bond donors (Lipinski definition) is 3. The van der Waals surface area contributed by atoms with Gasteiger partial charge in [-0.25, -0.2) is 9.37 Å². The van der Waals surface area contributed by atoms with Crippen LogP contribution in [0.15, 0.2) is 37.1 Å². The van der Waals surface area contributed by atoms with Crippen LogP contribution in [-0.2, 0) is 4.79 Å². The lowest BCUT2D eigenvalue weighted by Gasteiger charge is -2.28. The van der Waals surface area contributed by atoms with Gasteiger partial charge in [0.25, 0.3) is 0 Å². The number of piperidine rings is 1. The molecule has 1 saturated heterocycles. The number of fused-ring (bicyclic) bond motifs is 2. The van der Waals surface area contributed by atoms with E-state index in [1.807, 2.05) is 13.1 Å². The van der Waals surface area contributed by atoms with Crippen molar-refractivity contribution in [2.45, 2.75) is 45.4 Å². The van der Waals surface area contributed by atoms with E-state index in [-0.39, 0.29) is 17.0 Å². The van der Waals surface area contributed by atoms with E-state index in [1.54, 1.807) is 18.5 Å². The van der Waals surface area contributed by atoms with Gasteiger partial charge in [0.2, 0.25) is 5.91 Å². The van der Waals surface area contributed by atoms with Gasteiger partial charge in [-0.2, -0.15) is 5.10 Å². The summed E-state index contributed by atoms with van der Waals surface area (Å²) in [6.45, 7) is 3.95. The third kappa shape index (κ3) is 4.44. The van der Waals surface area contributed by atoms with Gasteiger partial charge in [-0.05, 0) is 31.7 Å². The zero-order chi connectivity index (χ0) is 26.1. The van der Waals surface area contributed by atoms with E-state index in [0.717, 1.165) is 55.5 Å². The first-order chi connectivity index (χ1) is 18.6. The Morgan fingerprint density at radius 1 is 1.05 bits per heavy atom. The maximum atomic E-state index is 16.0. The van der Waals surface area contributed by atoms with Gasteiger partial charge in [0.1, 0.15) is 16.9 Å². The first-order valence-corrected chi connectivity index (χ1v) is 13.0. The molecule has 1 amide bonds. The van der Waals surface area contributed by atoms with Gasteiger partial charge in [0.05, 0.1) is 52.6 Å². The summed E-state index contributed by atoms with van der Waals surface area (Å²) in [4.78, 5) is 35.5. The van der Waals surface area contributed by atoms with Crippen LogP contribution in [0.1, 0.15) is 45.4 Å². The Morgan fingerprint density at radius 3 is 2.74 bits per heavy atom. The second kappa shape index (κ2) is 10.2. The summed E-state index contributed by atoms with van der Waals surface area (Å²) in [5.74, 6) is -0.198. The molecule has 0 radical (unpaired) electrons. The molecule has 194 valence electrons. The molecular weight excluding hydrogens is 485 g/mol. The summed E-state index contributed by atoms with van der Waals surface area (Å²) >= 11 is 0. The molecule has 6 heterocycles. The fourth-order valence-corrected chi connectivity index (χ4v) is 4.94. The highest BCUT2D eigenvalue weighted by atomic mass is 19.1. The molecule has 0 saturated carbocycles. The highest BCUT2D eigenvalue weighted by Gasteiger charge is 2.22. The smallest absolute Gasteiger partial charge is 0.224 e. The average molecular weight is 514 g/mol. The molecule has 1 aliphatic rings. The highest BCUT2D eigenvalue weighted by Crippen LogP contribution is 2.34. The molecule has 0 bridgehead atoms. The van der Waals surface area contributed by atoms with Gasteiger partial charge in [-0.1, -0.05) is 13.3 Å². The number of carbonyl (C=O) groups excluding carboxylic acids is 1. The van der Waals surface area contributed by atoms with Crippen LogP contribution in [0, 0.1) is 5.82 Å². The summed E-state index contributed by atoms with van der Waals surface area (Å²) in [5.41, 5.74) is 4.40. The number of nitrogens with zero attached hydrogens (tertiary/aromatic N) is 6. The molecule has 0 unspecified atom stereocenters. The Bertz CT molecular complexity index is 1620. The van der Waals surface area contributed by atoms with Crippen molar-refractivity contribution in [2.75, 3.05) is 23.3 Å². The normalized spacial score (nSPS) is 13.9. The monoisotopic (exact) mass is 513 g/mol. The minimum atomic E-state index is -0.544. The Kier molecular flexibility index (Phi) is 6.40. The Labute approximate surface area is 218 Å². The predicted molar refractivity (Wildman–Crippen MR) is 144 cm³/mol. The third-order valence-electron chi connectivity index (χ3n) is 6.89. The number of amides is 1. The maximum absolute atomic E-state index is 16.0. The lowest BCUT2D eigenvalue weighted by molar-refractivity contribution is -0.116. The van der Waals surface area contributed by atoms with Crippen molar-refractivity contribution in [2.24, 2.45) is 0 Å². The number of halogens is 1. The topological polar surface area (TPSA) is 128 Å². The fraction of sp³-hybridized carbons (Fsp3) is 0.333. The van der Waals surface area contributed by atoms with E-state index in [0.29, 0.717) is 34.7 Å². The molecule has 0 aromatic carbocycles. The Hall–Kier alpha value is -4.41. The standard InChI is InChI=1S/C27H28FN9O/c1-2-3-7-21(38)32-17-10-16(11-29-12-17)24-23(28)22-18(14-31-24)35-36-26(22)27-33-19-13-30-15-20(25(19)34-27)37-8-5-4-6-9-37/h10-15H,2-9H2,1H3,(H,32,38)(H,33,34)(H,35,36). The third-order valence-corrected chi connectivity index (χ3v) is 6.89. The summed E-state index contributed by atoms with van der Waals surface area (Å²) in [6, 6.07) is 1.67. The van der Waals surface area contributed by atoms with E-state index >= 15 is 4.39 Å². The molecule has 5 aromatic rings. The lowest BCUT2D eigenvalue weighted by atomic mass is 10.1. The summed E-state index contributed by atoms with van der Waals surface area (Å²) < 4.78 is 16.0. The molecule has 0 atom stereocenters. The van der Waals surface area contributed by atoms with Crippen molar-refractivity contribution in [3.8, 4) is 22.8 Å². The lowest BCUT2D eigenvalue weighted by Crippen LogP contribution is -2.29. The number of nitrogens with one attached hydrogen (secondary N) is 3. The van der Waals surface area contributed by atoms with Crippen LogP contribution in [0.2, 0.25) is 0 Å². The molecule has 38 heavy (non-hydrogen) atoms. The molecule has 11 heteroatoms. The van der Waals surface area contributed by atoms with E-state index in [2.05, 4.69) is 40.3 Å². The number of rotatable bonds is 7. The number of pyridine rings is 3. The van der Waals surface area contributed by atoms with Gasteiger partial charge in [0, 0.05) is 31.3 Å². The molecule has 3 N–H and O–H groups in total. The van der Waals surface area contributed by atoms with E-state index in [1.165, 1.54) is 18.8 Å². The van der Waals surface area contributed by atoms with Gasteiger partial charge < -0.3 is 15.2 Å². The van der Waals surface area contributed by atoms with Crippen LogP contribution in [0.25, 0.3) is 44.7 Å². The predicted octanol–water partition coefficient (Wildman–Crippen LogP) is 5.22. The molecule has 6 rings (SSSR count). The van der Waals surface area contributed by atoms with E-state index in [9.17, 15) is 4.79 Å².